The van der Waals surface area contributed by atoms with Crippen LogP contribution < -0.4 is 18.9 Å². The fraction of sp³-hybridized carbons (Fsp3) is 0.200. The molecule has 0 aromatic carbocycles. The number of nitrogens with zero attached hydrogens (tertiary/aromatic N) is 3. The second kappa shape index (κ2) is 7.42. The molecule has 3 aromatic rings. The molecule has 0 atom stereocenters. The van der Waals surface area contributed by atoms with Crippen molar-refractivity contribution in [3.8, 4) is 17.5 Å². The molecule has 0 amide bonds. The highest BCUT2D eigenvalue weighted by Gasteiger charge is 2.24. The Morgan fingerprint density at radius 1 is 1.18 bits per heavy atom. The molecule has 0 bridgehead atoms. The van der Waals surface area contributed by atoms with Crippen LogP contribution in [-0.2, 0) is 10.0 Å². The van der Waals surface area contributed by atoms with Crippen molar-refractivity contribution in [2.24, 2.45) is 0 Å². The molecular weight excluding hydrogens is 405 g/mol. The van der Waals surface area contributed by atoms with Gasteiger partial charge in [0.05, 0.1) is 20.4 Å². The number of aromatic nitrogens is 3. The highest BCUT2D eigenvalue weighted by atomic mass is 32.2. The normalized spacial score (nSPS) is 11.6. The number of anilines is 1. The van der Waals surface area contributed by atoms with Gasteiger partial charge in [0.25, 0.3) is 15.9 Å². The number of pyridine rings is 2. The molecule has 0 aliphatic heterocycles. The third kappa shape index (κ3) is 3.74. The fourth-order valence-electron chi connectivity index (χ4n) is 2.31. The number of imidazole rings is 1. The van der Waals surface area contributed by atoms with E-state index in [0.29, 0.717) is 11.8 Å². The number of hydrogen-bond donors (Lipinski definition) is 1. The summed E-state index contributed by atoms with van der Waals surface area (Å²) in [4.78, 5) is 7.40. The van der Waals surface area contributed by atoms with E-state index in [2.05, 4.69) is 19.4 Å². The summed E-state index contributed by atoms with van der Waals surface area (Å²) in [6.07, 6.45) is 2.51. The zero-order chi connectivity index (χ0) is 20.5. The number of methoxy groups -OCH3 is 2. The minimum absolute atomic E-state index is 0.263. The van der Waals surface area contributed by atoms with Gasteiger partial charge in [0.2, 0.25) is 5.88 Å². The minimum Gasteiger partial charge on any atom is -0.497 e. The van der Waals surface area contributed by atoms with Crippen molar-refractivity contribution in [2.45, 2.75) is 11.6 Å². The summed E-state index contributed by atoms with van der Waals surface area (Å²) >= 11 is 0. The summed E-state index contributed by atoms with van der Waals surface area (Å²) < 4.78 is 81.1. The van der Waals surface area contributed by atoms with Crippen molar-refractivity contribution in [1.29, 1.82) is 0 Å². The Morgan fingerprint density at radius 3 is 2.57 bits per heavy atom. The lowest BCUT2D eigenvalue weighted by molar-refractivity contribution is -0.0555. The molecule has 13 heteroatoms. The van der Waals surface area contributed by atoms with E-state index in [1.807, 2.05) is 0 Å². The molecule has 0 fully saturated rings. The highest BCUT2D eigenvalue weighted by molar-refractivity contribution is 7.92. The van der Waals surface area contributed by atoms with Crippen molar-refractivity contribution in [3.05, 3.63) is 36.4 Å². The Hall–Kier alpha value is -3.22. The molecule has 0 saturated heterocycles. The van der Waals surface area contributed by atoms with Gasteiger partial charge >= 0.3 is 6.61 Å². The van der Waals surface area contributed by atoms with Gasteiger partial charge in [-0.3, -0.25) is 9.12 Å². The van der Waals surface area contributed by atoms with Crippen LogP contribution in [0.3, 0.4) is 0 Å². The van der Waals surface area contributed by atoms with Crippen LogP contribution in [0.2, 0.25) is 0 Å². The van der Waals surface area contributed by atoms with Gasteiger partial charge in [-0.2, -0.15) is 22.2 Å². The Kier molecular flexibility index (Phi) is 5.18. The number of ether oxygens (including phenoxy) is 3. The van der Waals surface area contributed by atoms with Gasteiger partial charge in [-0.25, -0.2) is 9.37 Å². The number of sulfonamides is 1. The number of fused-ring (bicyclic) bond motifs is 1. The highest BCUT2D eigenvalue weighted by Crippen LogP contribution is 2.31. The average molecular weight is 418 g/mol. The predicted molar refractivity (Wildman–Crippen MR) is 89.9 cm³/mol. The number of hydrogen-bond acceptors (Lipinski definition) is 7. The lowest BCUT2D eigenvalue weighted by Crippen LogP contribution is -2.16. The molecular formula is C15H13F3N4O5S. The lowest BCUT2D eigenvalue weighted by Gasteiger charge is -2.13. The van der Waals surface area contributed by atoms with Gasteiger partial charge in [0, 0.05) is 18.3 Å². The molecule has 150 valence electrons. The van der Waals surface area contributed by atoms with Gasteiger partial charge in [-0.1, -0.05) is 0 Å². The second-order valence-electron chi connectivity index (χ2n) is 5.21. The van der Waals surface area contributed by atoms with Crippen molar-refractivity contribution in [1.82, 2.24) is 14.4 Å². The molecule has 0 spiro atoms. The molecule has 1 N–H and O–H groups in total. The summed E-state index contributed by atoms with van der Waals surface area (Å²) in [7, 11) is -1.72. The van der Waals surface area contributed by atoms with E-state index in [1.165, 1.54) is 29.8 Å². The number of nitrogens with one attached hydrogen (secondary N) is 1. The van der Waals surface area contributed by atoms with Crippen LogP contribution in [-0.4, -0.2) is 43.6 Å². The van der Waals surface area contributed by atoms with E-state index in [9.17, 15) is 21.6 Å². The Bertz CT molecular complexity index is 1120. The first-order valence-corrected chi connectivity index (χ1v) is 8.96. The summed E-state index contributed by atoms with van der Waals surface area (Å²) in [5.41, 5.74) is -0.123. The number of alkyl halides is 2. The topological polar surface area (TPSA) is 104 Å². The zero-order valence-electron chi connectivity index (χ0n) is 14.4. The van der Waals surface area contributed by atoms with Crippen LogP contribution in [0.25, 0.3) is 5.65 Å². The van der Waals surface area contributed by atoms with E-state index >= 15 is 0 Å². The summed E-state index contributed by atoms with van der Waals surface area (Å²) in [6.45, 7) is -3.32. The molecule has 0 radical (unpaired) electrons. The van der Waals surface area contributed by atoms with Gasteiger partial charge in [-0.05, 0) is 6.07 Å². The molecule has 3 aromatic heterocycles. The summed E-state index contributed by atoms with van der Waals surface area (Å²) in [5.74, 6) is -2.33. The maximum absolute atomic E-state index is 13.9. The Morgan fingerprint density at radius 2 is 1.93 bits per heavy atom. The van der Waals surface area contributed by atoms with Crippen LogP contribution in [0.5, 0.6) is 17.5 Å². The van der Waals surface area contributed by atoms with Crippen LogP contribution >= 0.6 is 0 Å². The Balaban J connectivity index is 1.99. The first-order chi connectivity index (χ1) is 13.2. The maximum Gasteiger partial charge on any atom is 0.388 e. The standard InChI is InChI=1S/C15H13F3N4O5S/c1-25-8-3-4-22-11(5-8)19-7-12(22)28(23,24)21-10-6-9(16)13(27-15(17)18)20-14(10)26-2/h3-7,15,21H,1-2H3. The average Bonchev–Trinajstić information content (AvgIpc) is 3.07. The third-order valence-electron chi connectivity index (χ3n) is 3.51. The van der Waals surface area contributed by atoms with Crippen molar-refractivity contribution in [3.63, 3.8) is 0 Å². The first kappa shape index (κ1) is 19.5. The number of halogens is 3. The van der Waals surface area contributed by atoms with Crippen LogP contribution in [0.15, 0.2) is 35.6 Å². The smallest absolute Gasteiger partial charge is 0.388 e. The molecule has 0 aliphatic rings. The molecule has 3 rings (SSSR count). The van der Waals surface area contributed by atoms with Gasteiger partial charge < -0.3 is 14.2 Å². The van der Waals surface area contributed by atoms with E-state index in [0.717, 1.165) is 13.3 Å². The molecule has 3 heterocycles. The molecule has 9 nitrogen and oxygen atoms in total. The zero-order valence-corrected chi connectivity index (χ0v) is 15.2. The van der Waals surface area contributed by atoms with Gasteiger partial charge in [-0.15, -0.1) is 0 Å². The van der Waals surface area contributed by atoms with Crippen LogP contribution in [0, 0.1) is 5.82 Å². The second-order valence-corrected chi connectivity index (χ2v) is 6.84. The van der Waals surface area contributed by atoms with Gasteiger partial charge in [0.1, 0.15) is 17.1 Å². The third-order valence-corrected chi connectivity index (χ3v) is 4.85. The van der Waals surface area contributed by atoms with Crippen LogP contribution in [0.4, 0.5) is 18.9 Å². The fourth-order valence-corrected chi connectivity index (χ4v) is 3.46. The van der Waals surface area contributed by atoms with E-state index in [-0.39, 0.29) is 10.7 Å². The van der Waals surface area contributed by atoms with E-state index in [1.54, 1.807) is 0 Å². The largest absolute Gasteiger partial charge is 0.497 e. The molecule has 0 aliphatic carbocycles. The van der Waals surface area contributed by atoms with Crippen LogP contribution in [0.1, 0.15) is 0 Å². The lowest BCUT2D eigenvalue weighted by atomic mass is 10.4. The number of rotatable bonds is 7. The maximum atomic E-state index is 13.9. The van der Waals surface area contributed by atoms with Gasteiger partial charge in [0.15, 0.2) is 10.8 Å². The summed E-state index contributed by atoms with van der Waals surface area (Å²) in [6, 6.07) is 3.65. The predicted octanol–water partition coefficient (Wildman–Crippen LogP) is 2.29. The SMILES string of the molecule is COc1ccn2c(S(=O)(=O)Nc3cc(F)c(OC(F)F)nc3OC)cnc2c1. The Labute approximate surface area is 156 Å². The van der Waals surface area contributed by atoms with Crippen molar-refractivity contribution in [2.75, 3.05) is 18.9 Å². The van der Waals surface area contributed by atoms with Crippen molar-refractivity contribution >= 4 is 21.4 Å². The van der Waals surface area contributed by atoms with E-state index < -0.39 is 39.9 Å². The minimum atomic E-state index is -4.27. The molecule has 0 unspecified atom stereocenters. The quantitative estimate of drug-likeness (QED) is 0.628. The van der Waals surface area contributed by atoms with E-state index in [4.69, 9.17) is 9.47 Å². The molecule has 0 saturated carbocycles. The van der Waals surface area contributed by atoms with Crippen molar-refractivity contribution < 1.29 is 35.8 Å². The molecule has 28 heavy (non-hydrogen) atoms. The first-order valence-electron chi connectivity index (χ1n) is 7.48. The summed E-state index contributed by atoms with van der Waals surface area (Å²) in [5, 5.41) is -0.263. The monoisotopic (exact) mass is 418 g/mol.